The zero-order chi connectivity index (χ0) is 16.7. The third kappa shape index (κ3) is 5.64. The van der Waals surface area contributed by atoms with Crippen LogP contribution >= 0.6 is 42.8 Å². The topological polar surface area (TPSA) is 40.6 Å². The van der Waals surface area contributed by atoms with E-state index in [1.807, 2.05) is 16.9 Å². The molecular weight excluding hydrogens is 387 g/mol. The molecule has 128 valence electrons. The Hall–Kier alpha value is 0.257. The number of rotatable bonds is 10. The van der Waals surface area contributed by atoms with E-state index in [0.29, 0.717) is 5.92 Å². The fourth-order valence-corrected chi connectivity index (χ4v) is 9.83. The number of benzene rings is 1. The van der Waals surface area contributed by atoms with E-state index in [4.69, 9.17) is 13.3 Å². The summed E-state index contributed by atoms with van der Waals surface area (Å²) in [4.78, 5) is 4.62. The standard InChI is InChI=1S/C14H21NO3S4Si/c1-11(10-23(16-2,17-3)18-4)9-19-22-21-14-15-12-7-5-6-8-13(12)20-14/h5-8,11H,9-10H2,1-4H3. The number of hydrogen-bond acceptors (Lipinski definition) is 8. The molecule has 2 aromatic rings. The van der Waals surface area contributed by atoms with Crippen molar-refractivity contribution in [3.63, 3.8) is 0 Å². The van der Waals surface area contributed by atoms with Crippen LogP contribution < -0.4 is 0 Å². The van der Waals surface area contributed by atoms with Crippen LogP contribution in [0.1, 0.15) is 6.92 Å². The summed E-state index contributed by atoms with van der Waals surface area (Å²) in [5.41, 5.74) is 1.08. The summed E-state index contributed by atoms with van der Waals surface area (Å²) in [6.45, 7) is 2.20. The van der Waals surface area contributed by atoms with Gasteiger partial charge in [-0.15, -0.1) is 11.3 Å². The van der Waals surface area contributed by atoms with Gasteiger partial charge in [-0.05, 0) is 38.7 Å². The summed E-state index contributed by atoms with van der Waals surface area (Å²) >= 11 is 1.74. The highest BCUT2D eigenvalue weighted by atomic mass is 33.5. The maximum atomic E-state index is 5.48. The second kappa shape index (κ2) is 9.67. The zero-order valence-electron chi connectivity index (χ0n) is 13.6. The minimum atomic E-state index is -2.47. The van der Waals surface area contributed by atoms with Crippen LogP contribution in [-0.2, 0) is 13.3 Å². The molecule has 1 atom stereocenters. The molecule has 1 unspecified atom stereocenters. The van der Waals surface area contributed by atoms with Crippen LogP contribution in [0.15, 0.2) is 28.6 Å². The minimum Gasteiger partial charge on any atom is -0.377 e. The van der Waals surface area contributed by atoms with Gasteiger partial charge in [0.25, 0.3) is 0 Å². The van der Waals surface area contributed by atoms with Crippen molar-refractivity contribution >= 4 is 61.8 Å². The Labute approximate surface area is 154 Å². The van der Waals surface area contributed by atoms with Crippen molar-refractivity contribution in [2.75, 3.05) is 27.1 Å². The van der Waals surface area contributed by atoms with Gasteiger partial charge in [-0.25, -0.2) is 4.98 Å². The molecule has 0 radical (unpaired) electrons. The van der Waals surface area contributed by atoms with E-state index in [1.54, 1.807) is 53.3 Å². The van der Waals surface area contributed by atoms with Crippen molar-refractivity contribution < 1.29 is 13.3 Å². The summed E-state index contributed by atoms with van der Waals surface area (Å²) in [5.74, 6) is 1.49. The molecule has 0 aliphatic heterocycles. The van der Waals surface area contributed by atoms with Gasteiger partial charge in [-0.1, -0.05) is 29.9 Å². The first-order chi connectivity index (χ1) is 11.1. The van der Waals surface area contributed by atoms with E-state index in [0.717, 1.165) is 21.7 Å². The lowest BCUT2D eigenvalue weighted by atomic mass is 10.3. The Morgan fingerprint density at radius 2 is 1.87 bits per heavy atom. The zero-order valence-corrected chi connectivity index (χ0v) is 17.9. The van der Waals surface area contributed by atoms with Crippen molar-refractivity contribution in [1.82, 2.24) is 4.98 Å². The number of para-hydroxylation sites is 1. The molecule has 0 spiro atoms. The van der Waals surface area contributed by atoms with Gasteiger partial charge >= 0.3 is 8.80 Å². The second-order valence-corrected chi connectivity index (χ2v) is 13.4. The van der Waals surface area contributed by atoms with Crippen molar-refractivity contribution in [2.24, 2.45) is 5.92 Å². The average molecular weight is 408 g/mol. The van der Waals surface area contributed by atoms with E-state index in [9.17, 15) is 0 Å². The molecule has 0 bridgehead atoms. The monoisotopic (exact) mass is 407 g/mol. The van der Waals surface area contributed by atoms with Crippen LogP contribution in [0.3, 0.4) is 0 Å². The maximum absolute atomic E-state index is 5.48. The fraction of sp³-hybridized carbons (Fsp3) is 0.500. The van der Waals surface area contributed by atoms with Crippen molar-refractivity contribution in [3.8, 4) is 0 Å². The van der Waals surface area contributed by atoms with Gasteiger partial charge in [0.2, 0.25) is 0 Å². The van der Waals surface area contributed by atoms with E-state index >= 15 is 0 Å². The van der Waals surface area contributed by atoms with Gasteiger partial charge in [0.05, 0.1) is 10.2 Å². The van der Waals surface area contributed by atoms with Crippen LogP contribution in [0.4, 0.5) is 0 Å². The smallest absolute Gasteiger partial charge is 0.377 e. The predicted molar refractivity (Wildman–Crippen MR) is 106 cm³/mol. The SMILES string of the molecule is CO[Si](CC(C)CSSSc1nc2ccccc2s1)(OC)OC. The molecule has 4 nitrogen and oxygen atoms in total. The summed E-state index contributed by atoms with van der Waals surface area (Å²) in [5, 5.41) is 0. The van der Waals surface area contributed by atoms with E-state index in [-0.39, 0.29) is 0 Å². The normalized spacial score (nSPS) is 13.6. The quantitative estimate of drug-likeness (QED) is 0.304. The van der Waals surface area contributed by atoms with Crippen molar-refractivity contribution in [3.05, 3.63) is 24.3 Å². The van der Waals surface area contributed by atoms with Gasteiger partial charge in [0.1, 0.15) is 0 Å². The largest absolute Gasteiger partial charge is 0.500 e. The highest BCUT2D eigenvalue weighted by molar-refractivity contribution is 9.09. The Morgan fingerprint density at radius 1 is 1.17 bits per heavy atom. The Bertz CT molecular complexity index is 567. The first-order valence-electron chi connectivity index (χ1n) is 7.09. The highest BCUT2D eigenvalue weighted by Crippen LogP contribution is 2.44. The minimum absolute atomic E-state index is 0.468. The summed E-state index contributed by atoms with van der Waals surface area (Å²) < 4.78 is 18.8. The van der Waals surface area contributed by atoms with Gasteiger partial charge in [-0.3, -0.25) is 0 Å². The molecule has 1 aromatic heterocycles. The van der Waals surface area contributed by atoms with Gasteiger partial charge in [0.15, 0.2) is 4.34 Å². The first kappa shape index (κ1) is 19.6. The predicted octanol–water partition coefficient (Wildman–Crippen LogP) is 5.20. The molecule has 0 saturated heterocycles. The van der Waals surface area contributed by atoms with Gasteiger partial charge < -0.3 is 13.3 Å². The molecule has 0 aliphatic rings. The molecular formula is C14H21NO3S4Si. The fourth-order valence-electron chi connectivity index (χ4n) is 2.07. The lowest BCUT2D eigenvalue weighted by Gasteiger charge is -2.26. The number of hydrogen-bond donors (Lipinski definition) is 0. The molecule has 0 amide bonds. The molecule has 9 heteroatoms. The van der Waals surface area contributed by atoms with Crippen molar-refractivity contribution in [1.29, 1.82) is 0 Å². The van der Waals surface area contributed by atoms with E-state index in [2.05, 4.69) is 30.1 Å². The Morgan fingerprint density at radius 3 is 2.52 bits per heavy atom. The third-order valence-corrected chi connectivity index (χ3v) is 12.0. The average Bonchev–Trinajstić information content (AvgIpc) is 2.99. The lowest BCUT2D eigenvalue weighted by Crippen LogP contribution is -2.44. The van der Waals surface area contributed by atoms with Crippen LogP contribution in [0.25, 0.3) is 10.2 Å². The van der Waals surface area contributed by atoms with E-state index < -0.39 is 8.80 Å². The van der Waals surface area contributed by atoms with Crippen molar-refractivity contribution in [2.45, 2.75) is 17.3 Å². The number of fused-ring (bicyclic) bond motifs is 1. The molecule has 0 aliphatic carbocycles. The number of aromatic nitrogens is 1. The third-order valence-electron chi connectivity index (χ3n) is 3.31. The Balaban J connectivity index is 1.74. The first-order valence-corrected chi connectivity index (χ1v) is 13.5. The molecule has 0 N–H and O–H groups in total. The van der Waals surface area contributed by atoms with Crippen LogP contribution in [0.2, 0.25) is 6.04 Å². The molecule has 1 aromatic carbocycles. The summed E-state index contributed by atoms with van der Waals surface area (Å²) in [6, 6.07) is 9.07. The molecule has 23 heavy (non-hydrogen) atoms. The van der Waals surface area contributed by atoms with Crippen LogP contribution in [0.5, 0.6) is 0 Å². The number of nitrogens with zero attached hydrogens (tertiary/aromatic N) is 1. The van der Waals surface area contributed by atoms with E-state index in [1.165, 1.54) is 4.70 Å². The maximum Gasteiger partial charge on any atom is 0.500 e. The lowest BCUT2D eigenvalue weighted by molar-refractivity contribution is 0.120. The molecule has 0 saturated carbocycles. The van der Waals surface area contributed by atoms with Crippen LogP contribution in [0, 0.1) is 5.92 Å². The Kier molecular flexibility index (Phi) is 8.23. The summed E-state index contributed by atoms with van der Waals surface area (Å²) in [6.07, 6.45) is 0. The molecule has 0 fully saturated rings. The van der Waals surface area contributed by atoms with Crippen LogP contribution in [-0.4, -0.2) is 40.9 Å². The summed E-state index contributed by atoms with van der Waals surface area (Å²) in [7, 11) is 7.87. The molecule has 2 rings (SSSR count). The molecule has 1 heterocycles. The van der Waals surface area contributed by atoms with Gasteiger partial charge in [0, 0.05) is 33.1 Å². The number of thiazole rings is 1. The second-order valence-electron chi connectivity index (χ2n) is 4.99. The highest BCUT2D eigenvalue weighted by Gasteiger charge is 2.39. The van der Waals surface area contributed by atoms with Gasteiger partial charge in [-0.2, -0.15) is 0 Å².